The predicted octanol–water partition coefficient (Wildman–Crippen LogP) is 2.86. The van der Waals surface area contributed by atoms with Gasteiger partial charge in [-0.15, -0.1) is 10.2 Å². The number of rotatable bonds is 6. The number of nitrogens with zero attached hydrogens (tertiary/aromatic N) is 5. The van der Waals surface area contributed by atoms with Crippen LogP contribution in [0.5, 0.6) is 0 Å². The molecule has 0 radical (unpaired) electrons. The molecule has 0 unspecified atom stereocenters. The maximum absolute atomic E-state index is 4.51. The van der Waals surface area contributed by atoms with Gasteiger partial charge in [0.1, 0.15) is 10.9 Å². The van der Waals surface area contributed by atoms with Crippen molar-refractivity contribution in [1.29, 1.82) is 0 Å². The van der Waals surface area contributed by atoms with Crippen LogP contribution in [0.15, 0.2) is 22.4 Å². The highest BCUT2D eigenvalue weighted by atomic mass is 32.2. The quantitative estimate of drug-likeness (QED) is 0.828. The van der Waals surface area contributed by atoms with Gasteiger partial charge in [-0.2, -0.15) is 0 Å². The first-order valence-corrected chi connectivity index (χ1v) is 8.36. The summed E-state index contributed by atoms with van der Waals surface area (Å²) in [5.74, 6) is 2.48. The fraction of sp³-hybridized carbons (Fsp3) is 0.571. The van der Waals surface area contributed by atoms with E-state index in [1.54, 1.807) is 18.0 Å². The van der Waals surface area contributed by atoms with Crippen LogP contribution in [-0.2, 0) is 0 Å². The lowest BCUT2D eigenvalue weighted by atomic mass is 10.4. The Hall–Kier alpha value is -1.63. The second-order valence-electron chi connectivity index (χ2n) is 5.57. The normalized spacial score (nSPS) is 18.0. The molecule has 2 aliphatic carbocycles. The van der Waals surface area contributed by atoms with Crippen molar-refractivity contribution >= 4 is 17.7 Å². The van der Waals surface area contributed by atoms with E-state index in [-0.39, 0.29) is 0 Å². The average Bonchev–Trinajstić information content (AvgIpc) is 3.40. The zero-order valence-corrected chi connectivity index (χ0v) is 12.8. The molecule has 2 heterocycles. The molecule has 0 bridgehead atoms. The van der Waals surface area contributed by atoms with Gasteiger partial charge >= 0.3 is 0 Å². The fourth-order valence-corrected chi connectivity index (χ4v) is 3.26. The summed E-state index contributed by atoms with van der Waals surface area (Å²) in [7, 11) is 0. The minimum atomic E-state index is 0.605. The van der Waals surface area contributed by atoms with Crippen molar-refractivity contribution in [3.05, 3.63) is 18.1 Å². The first kappa shape index (κ1) is 13.1. The van der Waals surface area contributed by atoms with Crippen molar-refractivity contribution in [3.63, 3.8) is 0 Å². The van der Waals surface area contributed by atoms with Crippen LogP contribution in [0.4, 0.5) is 5.95 Å². The van der Waals surface area contributed by atoms with Crippen LogP contribution in [0.3, 0.4) is 0 Å². The Balaban J connectivity index is 1.60. The van der Waals surface area contributed by atoms with Crippen LogP contribution in [-0.4, -0.2) is 31.3 Å². The highest BCUT2D eigenvalue weighted by Crippen LogP contribution is 2.46. The maximum atomic E-state index is 4.51. The fourth-order valence-electron chi connectivity index (χ4n) is 2.39. The SMILES string of the molecule is CCNc1nccc(Sc2nnc(C3CC3)n2C2CC2)n1. The van der Waals surface area contributed by atoms with Gasteiger partial charge in [0.25, 0.3) is 0 Å². The Labute approximate surface area is 127 Å². The molecular formula is C14H18N6S. The Morgan fingerprint density at radius 2 is 2.14 bits per heavy atom. The third-order valence-corrected chi connectivity index (χ3v) is 4.60. The molecule has 0 saturated heterocycles. The topological polar surface area (TPSA) is 68.5 Å². The lowest BCUT2D eigenvalue weighted by Gasteiger charge is -2.08. The summed E-state index contributed by atoms with van der Waals surface area (Å²) < 4.78 is 2.34. The monoisotopic (exact) mass is 302 g/mol. The summed E-state index contributed by atoms with van der Waals surface area (Å²) in [4.78, 5) is 8.71. The minimum absolute atomic E-state index is 0.605. The van der Waals surface area contributed by atoms with Crippen molar-refractivity contribution in [2.45, 2.75) is 54.7 Å². The third-order valence-electron chi connectivity index (χ3n) is 3.71. The van der Waals surface area contributed by atoms with Crippen LogP contribution >= 0.6 is 11.8 Å². The largest absolute Gasteiger partial charge is 0.354 e. The molecule has 110 valence electrons. The van der Waals surface area contributed by atoms with Crippen molar-refractivity contribution in [2.24, 2.45) is 0 Å². The second kappa shape index (κ2) is 5.29. The van der Waals surface area contributed by atoms with Crippen LogP contribution < -0.4 is 5.32 Å². The highest BCUT2D eigenvalue weighted by molar-refractivity contribution is 7.99. The van der Waals surface area contributed by atoms with E-state index in [1.807, 2.05) is 13.0 Å². The van der Waals surface area contributed by atoms with E-state index < -0.39 is 0 Å². The highest BCUT2D eigenvalue weighted by Gasteiger charge is 2.36. The van der Waals surface area contributed by atoms with Crippen molar-refractivity contribution in [3.8, 4) is 0 Å². The van der Waals surface area contributed by atoms with Crippen molar-refractivity contribution in [1.82, 2.24) is 24.7 Å². The van der Waals surface area contributed by atoms with E-state index in [4.69, 9.17) is 0 Å². The van der Waals surface area contributed by atoms with E-state index in [2.05, 4.69) is 30.0 Å². The molecule has 0 amide bonds. The van der Waals surface area contributed by atoms with Crippen molar-refractivity contribution in [2.75, 3.05) is 11.9 Å². The van der Waals surface area contributed by atoms with Gasteiger partial charge in [0.2, 0.25) is 5.95 Å². The molecule has 2 aromatic heterocycles. The van der Waals surface area contributed by atoms with Crippen molar-refractivity contribution < 1.29 is 0 Å². The molecule has 4 rings (SSSR count). The minimum Gasteiger partial charge on any atom is -0.354 e. The summed E-state index contributed by atoms with van der Waals surface area (Å²) in [6, 6.07) is 2.53. The number of anilines is 1. The number of nitrogens with one attached hydrogen (secondary N) is 1. The van der Waals surface area contributed by atoms with Gasteiger partial charge < -0.3 is 9.88 Å². The molecule has 2 fully saturated rings. The summed E-state index contributed by atoms with van der Waals surface area (Å²) >= 11 is 1.59. The van der Waals surface area contributed by atoms with E-state index in [1.165, 1.54) is 31.5 Å². The van der Waals surface area contributed by atoms with Crippen LogP contribution in [0.2, 0.25) is 0 Å². The van der Waals surface area contributed by atoms with E-state index >= 15 is 0 Å². The predicted molar refractivity (Wildman–Crippen MR) is 80.6 cm³/mol. The van der Waals surface area contributed by atoms with Gasteiger partial charge in [0.05, 0.1) is 0 Å². The van der Waals surface area contributed by atoms with E-state index in [0.717, 1.165) is 16.7 Å². The summed E-state index contributed by atoms with van der Waals surface area (Å²) in [6.45, 7) is 2.85. The summed E-state index contributed by atoms with van der Waals surface area (Å²) in [6.07, 6.45) is 6.80. The molecule has 2 aromatic rings. The van der Waals surface area contributed by atoms with Gasteiger partial charge in [0.15, 0.2) is 5.16 Å². The Bertz CT molecular complexity index is 647. The van der Waals surface area contributed by atoms with Crippen LogP contribution in [0.1, 0.15) is 50.4 Å². The third kappa shape index (κ3) is 2.74. The van der Waals surface area contributed by atoms with E-state index in [9.17, 15) is 0 Å². The molecule has 0 spiro atoms. The standard InChI is InChI=1S/C14H18N6S/c1-2-15-13-16-8-7-11(17-13)21-14-19-18-12(9-3-4-9)20(14)10-5-6-10/h7-10H,2-6H2,1H3,(H,15,16,17). The van der Waals surface area contributed by atoms with Gasteiger partial charge in [0, 0.05) is 24.7 Å². The van der Waals surface area contributed by atoms with Gasteiger partial charge in [-0.25, -0.2) is 9.97 Å². The molecule has 1 N–H and O–H groups in total. The first-order valence-electron chi connectivity index (χ1n) is 7.54. The lowest BCUT2D eigenvalue weighted by molar-refractivity contribution is 0.626. The van der Waals surface area contributed by atoms with Crippen LogP contribution in [0, 0.1) is 0 Å². The summed E-state index contributed by atoms with van der Waals surface area (Å²) in [5, 5.41) is 13.9. The summed E-state index contributed by atoms with van der Waals surface area (Å²) in [5.41, 5.74) is 0. The zero-order valence-electron chi connectivity index (χ0n) is 12.0. The molecule has 0 aliphatic heterocycles. The van der Waals surface area contributed by atoms with Gasteiger partial charge in [-0.05, 0) is 50.4 Å². The Morgan fingerprint density at radius 3 is 2.86 bits per heavy atom. The molecule has 7 heteroatoms. The van der Waals surface area contributed by atoms with Gasteiger partial charge in [-0.1, -0.05) is 0 Å². The molecule has 6 nitrogen and oxygen atoms in total. The maximum Gasteiger partial charge on any atom is 0.223 e. The molecule has 0 aromatic carbocycles. The molecule has 21 heavy (non-hydrogen) atoms. The number of aromatic nitrogens is 5. The Kier molecular flexibility index (Phi) is 3.29. The average molecular weight is 302 g/mol. The van der Waals surface area contributed by atoms with Crippen LogP contribution in [0.25, 0.3) is 0 Å². The molecule has 0 atom stereocenters. The Morgan fingerprint density at radius 1 is 1.29 bits per heavy atom. The number of hydrogen-bond acceptors (Lipinski definition) is 6. The molecule has 2 saturated carbocycles. The second-order valence-corrected chi connectivity index (χ2v) is 6.55. The van der Waals surface area contributed by atoms with E-state index in [0.29, 0.717) is 17.9 Å². The molecule has 2 aliphatic rings. The smallest absolute Gasteiger partial charge is 0.223 e. The lowest BCUT2D eigenvalue weighted by Crippen LogP contribution is -2.03. The number of hydrogen-bond donors (Lipinski definition) is 1. The first-order chi connectivity index (χ1) is 10.3. The van der Waals surface area contributed by atoms with Gasteiger partial charge in [-0.3, -0.25) is 0 Å². The zero-order chi connectivity index (χ0) is 14.2. The molecular weight excluding hydrogens is 284 g/mol.